The first kappa shape index (κ1) is 14.4. The van der Waals surface area contributed by atoms with E-state index < -0.39 is 0 Å². The van der Waals surface area contributed by atoms with E-state index in [0.717, 1.165) is 6.42 Å². The summed E-state index contributed by atoms with van der Waals surface area (Å²) in [6, 6.07) is 1.81. The van der Waals surface area contributed by atoms with Crippen molar-refractivity contribution in [3.63, 3.8) is 0 Å². The number of carbonyl (C=O) groups is 2. The molecule has 1 amide bonds. The zero-order valence-electron chi connectivity index (χ0n) is 9.65. The second-order valence-corrected chi connectivity index (χ2v) is 3.22. The van der Waals surface area contributed by atoms with Crippen LogP contribution in [-0.4, -0.2) is 50.1 Å². The number of nitrogens with one attached hydrogen (secondary N) is 1. The molecule has 6 heteroatoms. The lowest BCUT2D eigenvalue weighted by atomic mass is 10.3. The minimum atomic E-state index is -0.374. The molecule has 0 unspecified atom stereocenters. The third kappa shape index (κ3) is 6.79. The molecule has 0 bridgehead atoms. The van der Waals surface area contributed by atoms with E-state index >= 15 is 0 Å². The van der Waals surface area contributed by atoms with Crippen molar-refractivity contribution in [1.29, 1.82) is 5.26 Å². The highest BCUT2D eigenvalue weighted by atomic mass is 16.5. The fourth-order valence-electron chi connectivity index (χ4n) is 1.17. The molecule has 6 nitrogen and oxygen atoms in total. The number of ether oxygens (including phenoxy) is 1. The van der Waals surface area contributed by atoms with Crippen LogP contribution in [0.15, 0.2) is 0 Å². The van der Waals surface area contributed by atoms with Gasteiger partial charge < -0.3 is 10.1 Å². The summed E-state index contributed by atoms with van der Waals surface area (Å²) >= 11 is 0. The van der Waals surface area contributed by atoms with Crippen molar-refractivity contribution >= 4 is 11.9 Å². The van der Waals surface area contributed by atoms with E-state index in [9.17, 15) is 9.59 Å². The molecule has 0 rings (SSSR count). The standard InChI is InChI=1S/C10H17N3O3/c1-3-6-13(8-10(15)16-2)7-9(14)12-5-4-11/h3,5-8H2,1-2H3,(H,12,14). The maximum Gasteiger partial charge on any atom is 0.319 e. The Balaban J connectivity index is 4.06. The van der Waals surface area contributed by atoms with Crippen molar-refractivity contribution in [1.82, 2.24) is 10.2 Å². The molecule has 0 spiro atoms. The molecule has 0 heterocycles. The van der Waals surface area contributed by atoms with Gasteiger partial charge in [0, 0.05) is 0 Å². The average Bonchev–Trinajstić information content (AvgIpc) is 2.26. The number of hydrogen-bond acceptors (Lipinski definition) is 5. The van der Waals surface area contributed by atoms with Crippen LogP contribution in [0.2, 0.25) is 0 Å². The normalized spacial score (nSPS) is 9.62. The van der Waals surface area contributed by atoms with E-state index in [1.165, 1.54) is 7.11 Å². The maximum absolute atomic E-state index is 11.3. The molecule has 1 N–H and O–H groups in total. The molecule has 0 aliphatic heterocycles. The minimum Gasteiger partial charge on any atom is -0.468 e. The lowest BCUT2D eigenvalue weighted by Gasteiger charge is -2.19. The number of amides is 1. The highest BCUT2D eigenvalue weighted by Crippen LogP contribution is 1.92. The fourth-order valence-corrected chi connectivity index (χ4v) is 1.17. The second kappa shape index (κ2) is 8.68. The SMILES string of the molecule is CCCN(CC(=O)NCC#N)CC(=O)OC. The van der Waals surface area contributed by atoms with Crippen molar-refractivity contribution in [2.24, 2.45) is 0 Å². The molecule has 0 radical (unpaired) electrons. The molecule has 0 aliphatic carbocycles. The van der Waals surface area contributed by atoms with Crippen LogP contribution in [0.1, 0.15) is 13.3 Å². The van der Waals surface area contributed by atoms with Gasteiger partial charge in [-0.1, -0.05) is 6.92 Å². The van der Waals surface area contributed by atoms with Gasteiger partial charge in [0.25, 0.3) is 0 Å². The van der Waals surface area contributed by atoms with Gasteiger partial charge in [0.1, 0.15) is 6.54 Å². The summed E-state index contributed by atoms with van der Waals surface area (Å²) in [6.45, 7) is 2.76. The molecule has 0 fully saturated rings. The van der Waals surface area contributed by atoms with Gasteiger partial charge in [-0.15, -0.1) is 0 Å². The lowest BCUT2D eigenvalue weighted by Crippen LogP contribution is -2.40. The van der Waals surface area contributed by atoms with Crippen LogP contribution in [0.5, 0.6) is 0 Å². The van der Waals surface area contributed by atoms with Crippen LogP contribution in [0.3, 0.4) is 0 Å². The Morgan fingerprint density at radius 2 is 2.12 bits per heavy atom. The summed E-state index contributed by atoms with van der Waals surface area (Å²) in [6.07, 6.45) is 0.836. The molecule has 0 atom stereocenters. The average molecular weight is 227 g/mol. The number of carbonyl (C=O) groups excluding carboxylic acids is 2. The third-order valence-corrected chi connectivity index (χ3v) is 1.85. The van der Waals surface area contributed by atoms with E-state index in [4.69, 9.17) is 5.26 Å². The quantitative estimate of drug-likeness (QED) is 0.469. The van der Waals surface area contributed by atoms with Crippen LogP contribution < -0.4 is 5.32 Å². The van der Waals surface area contributed by atoms with Crippen LogP contribution in [-0.2, 0) is 14.3 Å². The Morgan fingerprint density at radius 3 is 2.62 bits per heavy atom. The Kier molecular flexibility index (Phi) is 7.81. The molecule has 0 aliphatic rings. The number of nitriles is 1. The molecule has 0 aromatic carbocycles. The summed E-state index contributed by atoms with van der Waals surface area (Å²) in [5.41, 5.74) is 0. The third-order valence-electron chi connectivity index (χ3n) is 1.85. The molecule has 16 heavy (non-hydrogen) atoms. The van der Waals surface area contributed by atoms with Gasteiger partial charge in [0.15, 0.2) is 0 Å². The summed E-state index contributed by atoms with van der Waals surface area (Å²) in [7, 11) is 1.31. The molecule has 0 aromatic rings. The van der Waals surface area contributed by atoms with Gasteiger partial charge in [0.2, 0.25) is 5.91 Å². The van der Waals surface area contributed by atoms with Crippen LogP contribution >= 0.6 is 0 Å². The maximum atomic E-state index is 11.3. The van der Waals surface area contributed by atoms with Gasteiger partial charge in [0.05, 0.1) is 26.3 Å². The van der Waals surface area contributed by atoms with Crippen molar-refractivity contribution in [2.75, 3.05) is 33.3 Å². The molecule has 90 valence electrons. The number of esters is 1. The van der Waals surface area contributed by atoms with Crippen molar-refractivity contribution in [3.05, 3.63) is 0 Å². The summed E-state index contributed by atoms with van der Waals surface area (Å²) in [4.78, 5) is 24.0. The van der Waals surface area contributed by atoms with E-state index in [1.54, 1.807) is 4.90 Å². The second-order valence-electron chi connectivity index (χ2n) is 3.22. The molecule has 0 saturated heterocycles. The minimum absolute atomic E-state index is 0.0168. The van der Waals surface area contributed by atoms with E-state index in [-0.39, 0.29) is 31.5 Å². The van der Waals surface area contributed by atoms with Gasteiger partial charge in [-0.3, -0.25) is 14.5 Å². The fraction of sp³-hybridized carbons (Fsp3) is 0.700. The van der Waals surface area contributed by atoms with Gasteiger partial charge >= 0.3 is 5.97 Å². The molecular formula is C10H17N3O3. The number of rotatable bonds is 7. The molecule has 0 aromatic heterocycles. The Bertz CT molecular complexity index is 273. The monoisotopic (exact) mass is 227 g/mol. The Morgan fingerprint density at radius 1 is 1.44 bits per heavy atom. The zero-order chi connectivity index (χ0) is 12.4. The summed E-state index contributed by atoms with van der Waals surface area (Å²) in [5, 5.41) is 10.7. The molecule has 0 saturated carbocycles. The predicted molar refractivity (Wildman–Crippen MR) is 57.4 cm³/mol. The first-order valence-corrected chi connectivity index (χ1v) is 5.06. The highest BCUT2D eigenvalue weighted by molar-refractivity contribution is 5.79. The number of nitrogens with zero attached hydrogens (tertiary/aromatic N) is 2. The first-order chi connectivity index (χ1) is 7.63. The first-order valence-electron chi connectivity index (χ1n) is 5.06. The van der Waals surface area contributed by atoms with E-state index in [2.05, 4.69) is 10.1 Å². The molecular weight excluding hydrogens is 210 g/mol. The number of methoxy groups -OCH3 is 1. The van der Waals surface area contributed by atoms with Crippen LogP contribution in [0.25, 0.3) is 0 Å². The Hall–Kier alpha value is -1.61. The van der Waals surface area contributed by atoms with Gasteiger partial charge in [-0.05, 0) is 13.0 Å². The highest BCUT2D eigenvalue weighted by Gasteiger charge is 2.13. The summed E-state index contributed by atoms with van der Waals surface area (Å²) < 4.78 is 4.53. The number of hydrogen-bond donors (Lipinski definition) is 1. The van der Waals surface area contributed by atoms with Crippen molar-refractivity contribution in [3.8, 4) is 6.07 Å². The predicted octanol–water partition coefficient (Wildman–Crippen LogP) is -0.489. The topological polar surface area (TPSA) is 82.4 Å². The smallest absolute Gasteiger partial charge is 0.319 e. The zero-order valence-corrected chi connectivity index (χ0v) is 9.65. The van der Waals surface area contributed by atoms with E-state index in [1.807, 2.05) is 13.0 Å². The van der Waals surface area contributed by atoms with Gasteiger partial charge in [-0.2, -0.15) is 5.26 Å². The van der Waals surface area contributed by atoms with Crippen molar-refractivity contribution < 1.29 is 14.3 Å². The lowest BCUT2D eigenvalue weighted by molar-refractivity contribution is -0.142. The van der Waals surface area contributed by atoms with Gasteiger partial charge in [-0.25, -0.2) is 0 Å². The van der Waals surface area contributed by atoms with Crippen LogP contribution in [0, 0.1) is 11.3 Å². The largest absolute Gasteiger partial charge is 0.468 e. The van der Waals surface area contributed by atoms with Crippen molar-refractivity contribution in [2.45, 2.75) is 13.3 Å². The van der Waals surface area contributed by atoms with E-state index in [0.29, 0.717) is 6.54 Å². The summed E-state index contributed by atoms with van der Waals surface area (Å²) in [5.74, 6) is -0.638. The Labute approximate surface area is 95.2 Å². The van der Waals surface area contributed by atoms with Crippen LogP contribution in [0.4, 0.5) is 0 Å².